The van der Waals surface area contributed by atoms with Crippen molar-refractivity contribution in [2.45, 2.75) is 39.7 Å². The van der Waals surface area contributed by atoms with E-state index in [9.17, 15) is 0 Å². The number of aryl methyl sites for hydroxylation is 1. The predicted molar refractivity (Wildman–Crippen MR) is 78.8 cm³/mol. The molecule has 2 heterocycles. The third-order valence-electron chi connectivity index (χ3n) is 3.50. The SMILES string of the molecule is Cc1[nH]c(C(C)(C)C)nc1-c1ccc2c(c1)CN=C2. The lowest BCUT2D eigenvalue weighted by Gasteiger charge is -2.14. The molecule has 1 aromatic heterocycles. The Bertz CT molecular complexity index is 657. The minimum absolute atomic E-state index is 0.0445. The zero-order chi connectivity index (χ0) is 13.6. The number of fused-ring (bicyclic) bond motifs is 1. The van der Waals surface area contributed by atoms with Crippen LogP contribution in [0.15, 0.2) is 23.2 Å². The molecule has 19 heavy (non-hydrogen) atoms. The number of aromatic amines is 1. The highest BCUT2D eigenvalue weighted by molar-refractivity contribution is 5.85. The van der Waals surface area contributed by atoms with E-state index in [1.165, 1.54) is 16.7 Å². The molecule has 1 aliphatic rings. The Morgan fingerprint density at radius 2 is 2.00 bits per heavy atom. The summed E-state index contributed by atoms with van der Waals surface area (Å²) in [6.45, 7) is 9.39. The van der Waals surface area contributed by atoms with Gasteiger partial charge in [-0.1, -0.05) is 32.9 Å². The Hall–Kier alpha value is -1.90. The molecule has 0 atom stereocenters. The Kier molecular flexibility index (Phi) is 2.59. The first kappa shape index (κ1) is 12.2. The number of benzene rings is 1. The third-order valence-corrected chi connectivity index (χ3v) is 3.50. The summed E-state index contributed by atoms with van der Waals surface area (Å²) in [5.74, 6) is 1.04. The number of H-pyrrole nitrogens is 1. The van der Waals surface area contributed by atoms with Gasteiger partial charge in [0.05, 0.1) is 12.2 Å². The summed E-state index contributed by atoms with van der Waals surface area (Å²) in [5, 5.41) is 0. The van der Waals surface area contributed by atoms with E-state index in [1.54, 1.807) is 0 Å². The van der Waals surface area contributed by atoms with Crippen molar-refractivity contribution >= 4 is 6.21 Å². The summed E-state index contributed by atoms with van der Waals surface area (Å²) >= 11 is 0. The van der Waals surface area contributed by atoms with E-state index in [-0.39, 0.29) is 5.41 Å². The van der Waals surface area contributed by atoms with Gasteiger partial charge in [0.15, 0.2) is 0 Å². The van der Waals surface area contributed by atoms with Crippen LogP contribution in [0.2, 0.25) is 0 Å². The molecule has 3 rings (SSSR count). The fraction of sp³-hybridized carbons (Fsp3) is 0.375. The second-order valence-electron chi connectivity index (χ2n) is 6.19. The molecule has 0 radical (unpaired) electrons. The van der Waals surface area contributed by atoms with Crippen molar-refractivity contribution in [1.29, 1.82) is 0 Å². The molecule has 3 heteroatoms. The standard InChI is InChI=1S/C16H19N3/c1-10-14(19-15(18-10)16(2,3)4)11-5-6-12-8-17-9-13(12)7-11/h5-8H,9H2,1-4H3,(H,18,19). The van der Waals surface area contributed by atoms with Crippen molar-refractivity contribution in [1.82, 2.24) is 9.97 Å². The average molecular weight is 253 g/mol. The van der Waals surface area contributed by atoms with Crippen molar-refractivity contribution in [2.24, 2.45) is 4.99 Å². The molecule has 0 spiro atoms. The van der Waals surface area contributed by atoms with Gasteiger partial charge in [-0.05, 0) is 24.1 Å². The summed E-state index contributed by atoms with van der Waals surface area (Å²) in [4.78, 5) is 12.5. The molecule has 0 aliphatic carbocycles. The van der Waals surface area contributed by atoms with Crippen LogP contribution >= 0.6 is 0 Å². The van der Waals surface area contributed by atoms with E-state index in [4.69, 9.17) is 4.98 Å². The molecule has 0 fully saturated rings. The van der Waals surface area contributed by atoms with Crippen molar-refractivity contribution in [3.8, 4) is 11.3 Å². The quantitative estimate of drug-likeness (QED) is 0.828. The smallest absolute Gasteiger partial charge is 0.112 e. The Morgan fingerprint density at radius 1 is 1.21 bits per heavy atom. The summed E-state index contributed by atoms with van der Waals surface area (Å²) < 4.78 is 0. The molecule has 3 nitrogen and oxygen atoms in total. The lowest BCUT2D eigenvalue weighted by atomic mass is 9.96. The van der Waals surface area contributed by atoms with E-state index >= 15 is 0 Å². The minimum atomic E-state index is 0.0445. The van der Waals surface area contributed by atoms with Gasteiger partial charge in [0.2, 0.25) is 0 Å². The van der Waals surface area contributed by atoms with Crippen LogP contribution in [0.3, 0.4) is 0 Å². The summed E-state index contributed by atoms with van der Waals surface area (Å²) in [6.07, 6.45) is 1.94. The highest BCUT2D eigenvalue weighted by Crippen LogP contribution is 2.28. The van der Waals surface area contributed by atoms with Crippen LogP contribution in [-0.4, -0.2) is 16.2 Å². The van der Waals surface area contributed by atoms with E-state index < -0.39 is 0 Å². The van der Waals surface area contributed by atoms with Gasteiger partial charge < -0.3 is 4.98 Å². The molecule has 0 saturated heterocycles. The van der Waals surface area contributed by atoms with Crippen LogP contribution in [0.5, 0.6) is 0 Å². The fourth-order valence-corrected chi connectivity index (χ4v) is 2.35. The number of hydrogen-bond donors (Lipinski definition) is 1. The van der Waals surface area contributed by atoms with Gasteiger partial charge in [0.1, 0.15) is 5.82 Å². The van der Waals surface area contributed by atoms with Crippen LogP contribution in [0.25, 0.3) is 11.3 Å². The molecular weight excluding hydrogens is 234 g/mol. The van der Waals surface area contributed by atoms with E-state index in [0.29, 0.717) is 0 Å². The van der Waals surface area contributed by atoms with Crippen molar-refractivity contribution in [3.63, 3.8) is 0 Å². The molecule has 1 N–H and O–H groups in total. The fourth-order valence-electron chi connectivity index (χ4n) is 2.35. The number of aliphatic imine (C=N–C) groups is 1. The van der Waals surface area contributed by atoms with E-state index in [0.717, 1.165) is 23.8 Å². The zero-order valence-electron chi connectivity index (χ0n) is 11.9. The van der Waals surface area contributed by atoms with E-state index in [1.807, 2.05) is 6.21 Å². The van der Waals surface area contributed by atoms with Gasteiger partial charge >= 0.3 is 0 Å². The monoisotopic (exact) mass is 253 g/mol. The summed E-state index contributed by atoms with van der Waals surface area (Å²) in [7, 11) is 0. The van der Waals surface area contributed by atoms with Crippen molar-refractivity contribution in [2.75, 3.05) is 0 Å². The number of hydrogen-bond acceptors (Lipinski definition) is 2. The normalized spacial score (nSPS) is 13.9. The second-order valence-corrected chi connectivity index (χ2v) is 6.19. The number of nitrogens with one attached hydrogen (secondary N) is 1. The van der Waals surface area contributed by atoms with Gasteiger partial charge in [-0.25, -0.2) is 4.98 Å². The number of nitrogens with zero attached hydrogens (tertiary/aromatic N) is 2. The number of aromatic nitrogens is 2. The Balaban J connectivity index is 2.06. The highest BCUT2D eigenvalue weighted by atomic mass is 14.9. The van der Waals surface area contributed by atoms with Crippen LogP contribution in [0, 0.1) is 6.92 Å². The highest BCUT2D eigenvalue weighted by Gasteiger charge is 2.20. The maximum Gasteiger partial charge on any atom is 0.112 e. The van der Waals surface area contributed by atoms with E-state index in [2.05, 4.69) is 55.9 Å². The molecule has 0 saturated carbocycles. The molecule has 1 aromatic carbocycles. The minimum Gasteiger partial charge on any atom is -0.345 e. The van der Waals surface area contributed by atoms with Crippen LogP contribution in [0.1, 0.15) is 43.4 Å². The molecule has 0 amide bonds. The number of rotatable bonds is 1. The van der Waals surface area contributed by atoms with Crippen LogP contribution in [0.4, 0.5) is 0 Å². The average Bonchev–Trinajstić information content (AvgIpc) is 2.92. The maximum atomic E-state index is 4.78. The zero-order valence-corrected chi connectivity index (χ0v) is 11.9. The number of imidazole rings is 1. The summed E-state index contributed by atoms with van der Waals surface area (Å²) in [5.41, 5.74) is 5.92. The second kappa shape index (κ2) is 4.05. The van der Waals surface area contributed by atoms with Gasteiger partial charge in [-0.3, -0.25) is 4.99 Å². The lowest BCUT2D eigenvalue weighted by molar-refractivity contribution is 0.552. The van der Waals surface area contributed by atoms with Gasteiger partial charge in [0.25, 0.3) is 0 Å². The molecule has 0 unspecified atom stereocenters. The van der Waals surface area contributed by atoms with Crippen LogP contribution < -0.4 is 0 Å². The first-order valence-corrected chi connectivity index (χ1v) is 6.65. The first-order chi connectivity index (χ1) is 8.95. The Morgan fingerprint density at radius 3 is 2.68 bits per heavy atom. The third kappa shape index (κ3) is 2.09. The van der Waals surface area contributed by atoms with Crippen molar-refractivity contribution < 1.29 is 0 Å². The predicted octanol–water partition coefficient (Wildman–Crippen LogP) is 3.62. The first-order valence-electron chi connectivity index (χ1n) is 6.65. The largest absolute Gasteiger partial charge is 0.345 e. The topological polar surface area (TPSA) is 41.0 Å². The lowest BCUT2D eigenvalue weighted by Crippen LogP contribution is -2.13. The van der Waals surface area contributed by atoms with Gasteiger partial charge in [-0.15, -0.1) is 0 Å². The molecule has 98 valence electrons. The van der Waals surface area contributed by atoms with Crippen molar-refractivity contribution in [3.05, 3.63) is 40.8 Å². The molecule has 0 bridgehead atoms. The Labute approximate surface area is 113 Å². The maximum absolute atomic E-state index is 4.78. The molecule has 2 aromatic rings. The van der Waals surface area contributed by atoms with Gasteiger partial charge in [-0.2, -0.15) is 0 Å². The molecule has 1 aliphatic heterocycles. The van der Waals surface area contributed by atoms with Gasteiger partial charge in [0, 0.05) is 22.9 Å². The van der Waals surface area contributed by atoms with Crippen LogP contribution in [-0.2, 0) is 12.0 Å². The summed E-state index contributed by atoms with van der Waals surface area (Å²) in [6, 6.07) is 6.47. The molecular formula is C16H19N3.